The Bertz CT molecular complexity index is 615. The molecule has 0 bridgehead atoms. The molecule has 0 saturated carbocycles. The van der Waals surface area contributed by atoms with E-state index in [1.165, 1.54) is 41.7 Å². The van der Waals surface area contributed by atoms with Gasteiger partial charge in [0.05, 0.1) is 7.11 Å². The van der Waals surface area contributed by atoms with Gasteiger partial charge in [0.1, 0.15) is 5.69 Å². The van der Waals surface area contributed by atoms with Crippen LogP contribution in [0.3, 0.4) is 0 Å². The Balaban J connectivity index is 1.67. The first kappa shape index (κ1) is 13.1. The van der Waals surface area contributed by atoms with E-state index in [-0.39, 0.29) is 0 Å². The Morgan fingerprint density at radius 1 is 1.45 bits per heavy atom. The first-order valence-corrected chi connectivity index (χ1v) is 7.46. The highest BCUT2D eigenvalue weighted by molar-refractivity contribution is 7.12. The molecule has 0 spiro atoms. The van der Waals surface area contributed by atoms with Crippen LogP contribution < -0.4 is 5.32 Å². The second-order valence-electron chi connectivity index (χ2n) is 4.79. The highest BCUT2D eigenvalue weighted by atomic mass is 32.1. The minimum Gasteiger partial charge on any atom is -0.464 e. The van der Waals surface area contributed by atoms with Gasteiger partial charge in [-0.2, -0.15) is 0 Å². The summed E-state index contributed by atoms with van der Waals surface area (Å²) in [6.45, 7) is 0.780. The number of methoxy groups -OCH3 is 1. The van der Waals surface area contributed by atoms with E-state index in [9.17, 15) is 4.79 Å². The third kappa shape index (κ3) is 2.67. The summed E-state index contributed by atoms with van der Waals surface area (Å²) < 4.78 is 4.67. The molecule has 2 heterocycles. The fourth-order valence-electron chi connectivity index (χ4n) is 2.42. The third-order valence-electron chi connectivity index (χ3n) is 3.42. The molecular formula is C15H16N2O2S. The number of carbonyl (C=O) groups excluding carboxylic acids is 1. The van der Waals surface area contributed by atoms with Gasteiger partial charge in [-0.05, 0) is 43.0 Å². The predicted molar refractivity (Wildman–Crippen MR) is 79.2 cm³/mol. The average Bonchev–Trinajstić information content (AvgIpc) is 3.05. The van der Waals surface area contributed by atoms with Gasteiger partial charge in [0.2, 0.25) is 0 Å². The fraction of sp³-hybridized carbons (Fsp3) is 0.333. The first-order chi connectivity index (χ1) is 9.76. The molecule has 0 fully saturated rings. The second kappa shape index (κ2) is 5.63. The Morgan fingerprint density at radius 3 is 3.15 bits per heavy atom. The van der Waals surface area contributed by atoms with E-state index in [1.54, 1.807) is 12.3 Å². The molecule has 0 aromatic carbocycles. The number of anilines is 1. The van der Waals surface area contributed by atoms with Crippen LogP contribution in [0.4, 0.5) is 5.69 Å². The van der Waals surface area contributed by atoms with Crippen molar-refractivity contribution in [3.8, 4) is 0 Å². The monoisotopic (exact) mass is 288 g/mol. The molecule has 0 radical (unpaired) electrons. The number of aryl methyl sites for hydroxylation is 2. The van der Waals surface area contributed by atoms with Gasteiger partial charge in [-0.3, -0.25) is 0 Å². The van der Waals surface area contributed by atoms with E-state index in [2.05, 4.69) is 21.1 Å². The Morgan fingerprint density at radius 2 is 2.35 bits per heavy atom. The van der Waals surface area contributed by atoms with Crippen LogP contribution >= 0.6 is 11.3 Å². The number of aromatic nitrogens is 1. The molecule has 0 saturated heterocycles. The summed E-state index contributed by atoms with van der Waals surface area (Å²) in [5, 5.41) is 3.33. The molecule has 0 unspecified atom stereocenters. The van der Waals surface area contributed by atoms with Gasteiger partial charge < -0.3 is 10.1 Å². The van der Waals surface area contributed by atoms with Crippen LogP contribution in [0.5, 0.6) is 0 Å². The number of hydrogen-bond acceptors (Lipinski definition) is 5. The molecule has 4 nitrogen and oxygen atoms in total. The number of pyridine rings is 1. The van der Waals surface area contributed by atoms with Crippen molar-refractivity contribution in [2.45, 2.75) is 25.8 Å². The number of hydrogen-bond donors (Lipinski definition) is 1. The first-order valence-electron chi connectivity index (χ1n) is 6.65. The van der Waals surface area contributed by atoms with Crippen molar-refractivity contribution in [3.05, 3.63) is 45.4 Å². The third-order valence-corrected chi connectivity index (χ3v) is 4.66. The van der Waals surface area contributed by atoms with Crippen molar-refractivity contribution in [2.75, 3.05) is 12.4 Å². The van der Waals surface area contributed by atoms with Gasteiger partial charge in [0.25, 0.3) is 0 Å². The van der Waals surface area contributed by atoms with Crippen LogP contribution in [0.25, 0.3) is 0 Å². The number of nitrogens with one attached hydrogen (secondary N) is 1. The summed E-state index contributed by atoms with van der Waals surface area (Å²) in [5.74, 6) is -0.413. The minimum absolute atomic E-state index is 0.325. The van der Waals surface area contributed by atoms with Crippen LogP contribution in [0.15, 0.2) is 24.4 Å². The summed E-state index contributed by atoms with van der Waals surface area (Å²) in [6.07, 6.45) is 5.35. The number of rotatable bonds is 4. The van der Waals surface area contributed by atoms with E-state index in [0.717, 1.165) is 12.2 Å². The summed E-state index contributed by atoms with van der Waals surface area (Å²) in [5.41, 5.74) is 2.72. The maximum absolute atomic E-state index is 11.4. The van der Waals surface area contributed by atoms with Crippen LogP contribution in [-0.4, -0.2) is 18.1 Å². The maximum atomic E-state index is 11.4. The molecule has 2 aromatic rings. The highest BCUT2D eigenvalue weighted by Gasteiger charge is 2.14. The van der Waals surface area contributed by atoms with Crippen molar-refractivity contribution < 1.29 is 9.53 Å². The van der Waals surface area contributed by atoms with E-state index in [0.29, 0.717) is 5.69 Å². The number of thiophene rings is 1. The largest absolute Gasteiger partial charge is 0.464 e. The standard InChI is InChI=1S/C15H16N2O2S/c1-19-15(18)13-8-11(5-6-16-13)17-9-12-7-10-3-2-4-14(10)20-12/h5-8H,2-4,9H2,1H3,(H,16,17). The predicted octanol–water partition coefficient (Wildman–Crippen LogP) is 3.03. The van der Waals surface area contributed by atoms with E-state index < -0.39 is 5.97 Å². The normalized spacial score (nSPS) is 13.1. The second-order valence-corrected chi connectivity index (χ2v) is 6.01. The van der Waals surface area contributed by atoms with Crippen LogP contribution in [0, 0.1) is 0 Å². The van der Waals surface area contributed by atoms with Crippen molar-refractivity contribution >= 4 is 23.0 Å². The SMILES string of the molecule is COC(=O)c1cc(NCc2cc3c(s2)CCC3)ccn1. The van der Waals surface area contributed by atoms with Crippen LogP contribution in [0.2, 0.25) is 0 Å². The number of carbonyl (C=O) groups is 1. The number of nitrogens with zero attached hydrogens (tertiary/aromatic N) is 1. The molecule has 0 atom stereocenters. The average molecular weight is 288 g/mol. The zero-order chi connectivity index (χ0) is 13.9. The maximum Gasteiger partial charge on any atom is 0.356 e. The van der Waals surface area contributed by atoms with E-state index in [4.69, 9.17) is 0 Å². The lowest BCUT2D eigenvalue weighted by Gasteiger charge is -2.06. The zero-order valence-corrected chi connectivity index (χ0v) is 12.1. The number of fused-ring (bicyclic) bond motifs is 1. The molecule has 104 valence electrons. The number of esters is 1. The molecule has 5 heteroatoms. The van der Waals surface area contributed by atoms with Gasteiger partial charge in [-0.15, -0.1) is 11.3 Å². The lowest BCUT2D eigenvalue weighted by molar-refractivity contribution is 0.0594. The summed E-state index contributed by atoms with van der Waals surface area (Å²) in [4.78, 5) is 18.3. The topological polar surface area (TPSA) is 51.2 Å². The van der Waals surface area contributed by atoms with Crippen molar-refractivity contribution in [2.24, 2.45) is 0 Å². The molecule has 2 aromatic heterocycles. The summed E-state index contributed by atoms with van der Waals surface area (Å²) in [7, 11) is 1.36. The van der Waals surface area contributed by atoms with Gasteiger partial charge >= 0.3 is 5.97 Å². The minimum atomic E-state index is -0.413. The lowest BCUT2D eigenvalue weighted by atomic mass is 10.2. The zero-order valence-electron chi connectivity index (χ0n) is 11.3. The molecule has 3 rings (SSSR count). The van der Waals surface area contributed by atoms with E-state index >= 15 is 0 Å². The molecular weight excluding hydrogens is 272 g/mol. The smallest absolute Gasteiger partial charge is 0.356 e. The van der Waals surface area contributed by atoms with Crippen molar-refractivity contribution in [3.63, 3.8) is 0 Å². The highest BCUT2D eigenvalue weighted by Crippen LogP contribution is 2.30. The Hall–Kier alpha value is -1.88. The van der Waals surface area contributed by atoms with Crippen molar-refractivity contribution in [1.82, 2.24) is 4.98 Å². The Kier molecular flexibility index (Phi) is 3.69. The lowest BCUT2D eigenvalue weighted by Crippen LogP contribution is -2.05. The van der Waals surface area contributed by atoms with Gasteiger partial charge in [0, 0.05) is 28.2 Å². The van der Waals surface area contributed by atoms with Crippen molar-refractivity contribution in [1.29, 1.82) is 0 Å². The molecule has 20 heavy (non-hydrogen) atoms. The molecule has 1 aliphatic carbocycles. The van der Waals surface area contributed by atoms with Gasteiger partial charge in [-0.25, -0.2) is 9.78 Å². The van der Waals surface area contributed by atoms with Crippen LogP contribution in [-0.2, 0) is 24.1 Å². The quantitative estimate of drug-likeness (QED) is 0.879. The fourth-order valence-corrected chi connectivity index (χ4v) is 3.62. The summed E-state index contributed by atoms with van der Waals surface area (Å²) >= 11 is 1.89. The molecule has 1 N–H and O–H groups in total. The van der Waals surface area contributed by atoms with Gasteiger partial charge in [0.15, 0.2) is 0 Å². The molecule has 0 amide bonds. The Labute approximate surface area is 121 Å². The van der Waals surface area contributed by atoms with Gasteiger partial charge in [-0.1, -0.05) is 0 Å². The van der Waals surface area contributed by atoms with Crippen LogP contribution in [0.1, 0.15) is 32.2 Å². The van der Waals surface area contributed by atoms with E-state index in [1.807, 2.05) is 17.4 Å². The molecule has 0 aliphatic heterocycles. The summed E-state index contributed by atoms with van der Waals surface area (Å²) in [6, 6.07) is 5.86. The number of ether oxygens (including phenoxy) is 1. The molecule has 1 aliphatic rings.